The standard InChI is InChI=1S/C11H15ClFNO/c1-14(2)6-3-7-15-9-4-5-10(12)11(13)8-9/h4-5,8H,3,6-7H2,1-2H3. The van der Waals surface area contributed by atoms with Crippen molar-refractivity contribution in [1.82, 2.24) is 4.90 Å². The van der Waals surface area contributed by atoms with Gasteiger partial charge in [0.25, 0.3) is 0 Å². The number of benzene rings is 1. The fourth-order valence-corrected chi connectivity index (χ4v) is 1.25. The van der Waals surface area contributed by atoms with E-state index in [1.54, 1.807) is 6.07 Å². The second-order valence-corrected chi connectivity index (χ2v) is 3.99. The minimum atomic E-state index is -0.443. The smallest absolute Gasteiger partial charge is 0.145 e. The van der Waals surface area contributed by atoms with Crippen LogP contribution < -0.4 is 4.74 Å². The molecule has 0 aromatic heterocycles. The number of rotatable bonds is 5. The van der Waals surface area contributed by atoms with Gasteiger partial charge in [0.05, 0.1) is 11.6 Å². The summed E-state index contributed by atoms with van der Waals surface area (Å²) in [6.07, 6.45) is 0.914. The van der Waals surface area contributed by atoms with Crippen LogP contribution >= 0.6 is 11.6 Å². The molecule has 0 bridgehead atoms. The number of ether oxygens (including phenoxy) is 1. The molecule has 0 unspecified atom stereocenters. The van der Waals surface area contributed by atoms with Gasteiger partial charge >= 0.3 is 0 Å². The van der Waals surface area contributed by atoms with E-state index in [4.69, 9.17) is 16.3 Å². The summed E-state index contributed by atoms with van der Waals surface area (Å²) >= 11 is 5.55. The summed E-state index contributed by atoms with van der Waals surface area (Å²) in [5.41, 5.74) is 0. The summed E-state index contributed by atoms with van der Waals surface area (Å²) in [7, 11) is 4.00. The highest BCUT2D eigenvalue weighted by Gasteiger charge is 2.01. The van der Waals surface area contributed by atoms with Crippen molar-refractivity contribution in [2.45, 2.75) is 6.42 Å². The van der Waals surface area contributed by atoms with Crippen LogP contribution in [0.1, 0.15) is 6.42 Å². The first kappa shape index (κ1) is 12.3. The van der Waals surface area contributed by atoms with Gasteiger partial charge in [0.2, 0.25) is 0 Å². The zero-order chi connectivity index (χ0) is 11.3. The van der Waals surface area contributed by atoms with Crippen molar-refractivity contribution >= 4 is 11.6 Å². The molecule has 4 heteroatoms. The lowest BCUT2D eigenvalue weighted by Gasteiger charge is -2.10. The number of nitrogens with zero attached hydrogens (tertiary/aromatic N) is 1. The van der Waals surface area contributed by atoms with Gasteiger partial charge in [-0.3, -0.25) is 0 Å². The maximum atomic E-state index is 13.0. The van der Waals surface area contributed by atoms with Crippen LogP contribution in [-0.4, -0.2) is 32.1 Å². The van der Waals surface area contributed by atoms with Crippen LogP contribution in [0.2, 0.25) is 5.02 Å². The summed E-state index contributed by atoms with van der Waals surface area (Å²) in [6, 6.07) is 4.47. The van der Waals surface area contributed by atoms with E-state index < -0.39 is 5.82 Å². The molecule has 0 radical (unpaired) electrons. The van der Waals surface area contributed by atoms with Crippen LogP contribution in [-0.2, 0) is 0 Å². The average Bonchev–Trinajstić information content (AvgIpc) is 2.18. The summed E-state index contributed by atoms with van der Waals surface area (Å²) in [4.78, 5) is 2.08. The predicted molar refractivity (Wildman–Crippen MR) is 60.1 cm³/mol. The van der Waals surface area contributed by atoms with Crippen LogP contribution in [0.4, 0.5) is 4.39 Å². The molecule has 0 N–H and O–H groups in total. The van der Waals surface area contributed by atoms with Crippen molar-refractivity contribution in [3.8, 4) is 5.75 Å². The Balaban J connectivity index is 2.35. The molecule has 1 rings (SSSR count). The Morgan fingerprint density at radius 2 is 2.13 bits per heavy atom. The Labute approximate surface area is 94.6 Å². The normalized spacial score (nSPS) is 10.7. The van der Waals surface area contributed by atoms with E-state index in [2.05, 4.69) is 4.90 Å². The molecule has 1 aromatic rings. The van der Waals surface area contributed by atoms with E-state index in [9.17, 15) is 4.39 Å². The van der Waals surface area contributed by atoms with Crippen molar-refractivity contribution in [3.05, 3.63) is 29.0 Å². The topological polar surface area (TPSA) is 12.5 Å². The Bertz CT molecular complexity index is 317. The molecule has 2 nitrogen and oxygen atoms in total. The molecule has 1 aromatic carbocycles. The van der Waals surface area contributed by atoms with E-state index in [1.807, 2.05) is 14.1 Å². The lowest BCUT2D eigenvalue weighted by Crippen LogP contribution is -2.15. The minimum Gasteiger partial charge on any atom is -0.493 e. The van der Waals surface area contributed by atoms with Gasteiger partial charge in [-0.1, -0.05) is 11.6 Å². The van der Waals surface area contributed by atoms with E-state index in [1.165, 1.54) is 12.1 Å². The molecule has 0 aliphatic heterocycles. The van der Waals surface area contributed by atoms with E-state index in [-0.39, 0.29) is 5.02 Å². The third kappa shape index (κ3) is 4.49. The molecule has 0 aliphatic carbocycles. The quantitative estimate of drug-likeness (QED) is 0.723. The fourth-order valence-electron chi connectivity index (χ4n) is 1.14. The Morgan fingerprint density at radius 1 is 1.40 bits per heavy atom. The van der Waals surface area contributed by atoms with Crippen molar-refractivity contribution in [2.24, 2.45) is 0 Å². The van der Waals surface area contributed by atoms with E-state index >= 15 is 0 Å². The van der Waals surface area contributed by atoms with E-state index in [0.717, 1.165) is 13.0 Å². The molecular formula is C11H15ClFNO. The molecule has 0 saturated carbocycles. The molecule has 0 heterocycles. The van der Waals surface area contributed by atoms with Gasteiger partial charge in [0.1, 0.15) is 11.6 Å². The Morgan fingerprint density at radius 3 is 2.73 bits per heavy atom. The predicted octanol–water partition coefficient (Wildman–Crippen LogP) is 2.81. The van der Waals surface area contributed by atoms with Crippen LogP contribution in [0.15, 0.2) is 18.2 Å². The lowest BCUT2D eigenvalue weighted by molar-refractivity contribution is 0.280. The Hall–Kier alpha value is -0.800. The number of hydrogen-bond acceptors (Lipinski definition) is 2. The van der Waals surface area contributed by atoms with Crippen LogP contribution in [0.3, 0.4) is 0 Å². The molecule has 0 spiro atoms. The molecule has 15 heavy (non-hydrogen) atoms. The van der Waals surface area contributed by atoms with Crippen molar-refractivity contribution in [1.29, 1.82) is 0 Å². The van der Waals surface area contributed by atoms with E-state index in [0.29, 0.717) is 12.4 Å². The third-order valence-corrected chi connectivity index (χ3v) is 2.22. The zero-order valence-electron chi connectivity index (χ0n) is 8.96. The Kier molecular flexibility index (Phi) is 4.85. The summed E-state index contributed by atoms with van der Waals surface area (Å²) in [5, 5.41) is 0.121. The first-order valence-corrected chi connectivity index (χ1v) is 5.20. The molecule has 0 amide bonds. The molecule has 0 aliphatic rings. The summed E-state index contributed by atoms with van der Waals surface area (Å²) in [6.45, 7) is 1.54. The van der Waals surface area contributed by atoms with Gasteiger partial charge in [-0.15, -0.1) is 0 Å². The molecule has 0 fully saturated rings. The number of hydrogen-bond donors (Lipinski definition) is 0. The SMILES string of the molecule is CN(C)CCCOc1ccc(Cl)c(F)c1. The maximum absolute atomic E-state index is 13.0. The lowest BCUT2D eigenvalue weighted by atomic mass is 10.3. The minimum absolute atomic E-state index is 0.121. The average molecular weight is 232 g/mol. The fraction of sp³-hybridized carbons (Fsp3) is 0.455. The van der Waals surface area contributed by atoms with Gasteiger partial charge in [-0.25, -0.2) is 4.39 Å². The zero-order valence-corrected chi connectivity index (χ0v) is 9.72. The summed E-state index contributed by atoms with van der Waals surface area (Å²) < 4.78 is 18.4. The summed E-state index contributed by atoms with van der Waals surface area (Å²) in [5.74, 6) is 0.0810. The van der Waals surface area contributed by atoms with Gasteiger partial charge in [0, 0.05) is 12.6 Å². The van der Waals surface area contributed by atoms with Crippen molar-refractivity contribution < 1.29 is 9.13 Å². The first-order valence-electron chi connectivity index (χ1n) is 4.82. The van der Waals surface area contributed by atoms with Gasteiger partial charge < -0.3 is 9.64 Å². The highest BCUT2D eigenvalue weighted by Crippen LogP contribution is 2.20. The molecule has 84 valence electrons. The van der Waals surface area contributed by atoms with Gasteiger partial charge in [-0.05, 0) is 32.6 Å². The van der Waals surface area contributed by atoms with Crippen molar-refractivity contribution in [2.75, 3.05) is 27.2 Å². The monoisotopic (exact) mass is 231 g/mol. The second kappa shape index (κ2) is 5.93. The van der Waals surface area contributed by atoms with Crippen LogP contribution in [0.25, 0.3) is 0 Å². The first-order chi connectivity index (χ1) is 7.09. The maximum Gasteiger partial charge on any atom is 0.145 e. The molecule has 0 saturated heterocycles. The number of halogens is 2. The second-order valence-electron chi connectivity index (χ2n) is 3.58. The largest absolute Gasteiger partial charge is 0.493 e. The molecule has 0 atom stereocenters. The van der Waals surface area contributed by atoms with Crippen molar-refractivity contribution in [3.63, 3.8) is 0 Å². The highest BCUT2D eigenvalue weighted by atomic mass is 35.5. The van der Waals surface area contributed by atoms with Gasteiger partial charge in [0.15, 0.2) is 0 Å². The van der Waals surface area contributed by atoms with Crippen LogP contribution in [0, 0.1) is 5.82 Å². The highest BCUT2D eigenvalue weighted by molar-refractivity contribution is 6.30. The molecular weight excluding hydrogens is 217 g/mol. The third-order valence-electron chi connectivity index (χ3n) is 1.91. The van der Waals surface area contributed by atoms with Crippen LogP contribution in [0.5, 0.6) is 5.75 Å². The van der Waals surface area contributed by atoms with Gasteiger partial charge in [-0.2, -0.15) is 0 Å².